The van der Waals surface area contributed by atoms with E-state index >= 15 is 0 Å². The molecule has 1 aliphatic rings. The molecule has 7 heteroatoms. The molecule has 3 rings (SSSR count). The van der Waals surface area contributed by atoms with E-state index in [2.05, 4.69) is 46.2 Å². The van der Waals surface area contributed by atoms with Crippen molar-refractivity contribution in [3.63, 3.8) is 0 Å². The van der Waals surface area contributed by atoms with Crippen molar-refractivity contribution < 1.29 is 8.42 Å². The van der Waals surface area contributed by atoms with Gasteiger partial charge in [-0.05, 0) is 56.5 Å². The average Bonchev–Trinajstić information content (AvgIpc) is 2.92. The van der Waals surface area contributed by atoms with Crippen molar-refractivity contribution in [2.45, 2.75) is 33.2 Å². The average molecular weight is 360 g/mol. The van der Waals surface area contributed by atoms with Crippen molar-refractivity contribution in [2.75, 3.05) is 28.3 Å². The van der Waals surface area contributed by atoms with Crippen LogP contribution in [0.1, 0.15) is 24.5 Å². The quantitative estimate of drug-likeness (QED) is 0.884. The van der Waals surface area contributed by atoms with E-state index in [1.54, 1.807) is 6.20 Å². The Hall–Kier alpha value is -2.15. The van der Waals surface area contributed by atoms with E-state index in [0.29, 0.717) is 18.9 Å². The molecule has 1 atom stereocenters. The van der Waals surface area contributed by atoms with Gasteiger partial charge in [0.1, 0.15) is 5.82 Å². The predicted octanol–water partition coefficient (Wildman–Crippen LogP) is 2.85. The molecule has 0 aliphatic carbocycles. The normalized spacial score (nSPS) is 18.9. The summed E-state index contributed by atoms with van der Waals surface area (Å²) in [6, 6.07) is 7.94. The molecule has 2 aromatic rings. The summed E-state index contributed by atoms with van der Waals surface area (Å²) in [4.78, 5) is 10.9. The number of aromatic nitrogens is 2. The minimum atomic E-state index is -2.93. The van der Waals surface area contributed by atoms with E-state index < -0.39 is 9.84 Å². The van der Waals surface area contributed by atoms with E-state index in [9.17, 15) is 8.42 Å². The monoisotopic (exact) mass is 360 g/mol. The van der Waals surface area contributed by atoms with Crippen LogP contribution in [0.4, 0.5) is 17.5 Å². The van der Waals surface area contributed by atoms with Crippen molar-refractivity contribution in [3.8, 4) is 0 Å². The zero-order valence-electron chi connectivity index (χ0n) is 14.9. The van der Waals surface area contributed by atoms with Gasteiger partial charge in [-0.2, -0.15) is 4.98 Å². The van der Waals surface area contributed by atoms with Crippen LogP contribution in [0.15, 0.2) is 30.5 Å². The Labute approximate surface area is 149 Å². The fraction of sp³-hybridized carbons (Fsp3) is 0.444. The molecular weight excluding hydrogens is 336 g/mol. The number of nitrogens with zero attached hydrogens (tertiary/aromatic N) is 3. The number of hydrogen-bond acceptors (Lipinski definition) is 6. The number of anilines is 3. The highest BCUT2D eigenvalue weighted by molar-refractivity contribution is 7.91. The first-order chi connectivity index (χ1) is 11.9. The lowest BCUT2D eigenvalue weighted by molar-refractivity contribution is 0.599. The molecular formula is C18H24N4O2S. The number of hydrogen-bond donors (Lipinski definition) is 1. The van der Waals surface area contributed by atoms with Crippen LogP contribution in [0.2, 0.25) is 0 Å². The van der Waals surface area contributed by atoms with Crippen LogP contribution < -0.4 is 10.2 Å². The van der Waals surface area contributed by atoms with Crippen LogP contribution in [0.3, 0.4) is 0 Å². The maximum Gasteiger partial charge on any atom is 0.229 e. The van der Waals surface area contributed by atoms with E-state index in [4.69, 9.17) is 0 Å². The van der Waals surface area contributed by atoms with Gasteiger partial charge in [0.2, 0.25) is 5.95 Å². The Balaban J connectivity index is 1.81. The molecule has 0 amide bonds. The number of sulfone groups is 1. The molecule has 134 valence electrons. The number of rotatable bonds is 5. The summed E-state index contributed by atoms with van der Waals surface area (Å²) in [6.45, 7) is 6.87. The molecule has 1 aromatic heterocycles. The van der Waals surface area contributed by atoms with E-state index in [-0.39, 0.29) is 17.5 Å². The van der Waals surface area contributed by atoms with Crippen molar-refractivity contribution in [3.05, 3.63) is 41.6 Å². The molecule has 0 bridgehead atoms. The van der Waals surface area contributed by atoms with Crippen molar-refractivity contribution in [2.24, 2.45) is 0 Å². The van der Waals surface area contributed by atoms with E-state index in [1.165, 1.54) is 11.1 Å². The standard InChI is InChI=1S/C18H24N4O2S/c1-4-22(16-8-10-25(23,24)12-16)17-7-9-19-18(21-17)20-15-6-5-13(2)14(3)11-15/h5-7,9,11,16H,4,8,10,12H2,1-3H3,(H,19,20,21). The second-order valence-electron chi connectivity index (χ2n) is 6.51. The first-order valence-electron chi connectivity index (χ1n) is 8.52. The zero-order valence-corrected chi connectivity index (χ0v) is 15.7. The van der Waals surface area contributed by atoms with Crippen LogP contribution in [0.5, 0.6) is 0 Å². The lowest BCUT2D eigenvalue weighted by Crippen LogP contribution is -2.36. The largest absolute Gasteiger partial charge is 0.353 e. The molecule has 6 nitrogen and oxygen atoms in total. The van der Waals surface area contributed by atoms with Gasteiger partial charge in [0.25, 0.3) is 0 Å². The highest BCUT2D eigenvalue weighted by Crippen LogP contribution is 2.24. The third-order valence-electron chi connectivity index (χ3n) is 4.69. The number of aryl methyl sites for hydroxylation is 2. The van der Waals surface area contributed by atoms with Crippen LogP contribution >= 0.6 is 0 Å². The first-order valence-corrected chi connectivity index (χ1v) is 10.3. The highest BCUT2D eigenvalue weighted by atomic mass is 32.2. The van der Waals surface area contributed by atoms with Crippen LogP contribution in [-0.4, -0.2) is 42.5 Å². The summed E-state index contributed by atoms with van der Waals surface area (Å²) in [6.07, 6.45) is 2.36. The SMILES string of the molecule is CCN(c1ccnc(Nc2ccc(C)c(C)c2)n1)C1CCS(=O)(=O)C1. The van der Waals surface area contributed by atoms with Crippen LogP contribution in [-0.2, 0) is 9.84 Å². The smallest absolute Gasteiger partial charge is 0.229 e. The molecule has 1 N–H and O–H groups in total. The Morgan fingerprint density at radius 3 is 2.68 bits per heavy atom. The Bertz CT molecular complexity index is 867. The maximum atomic E-state index is 11.8. The summed E-state index contributed by atoms with van der Waals surface area (Å²) < 4.78 is 23.6. The first kappa shape index (κ1) is 17.7. The molecule has 0 spiro atoms. The molecule has 1 fully saturated rings. The fourth-order valence-corrected chi connectivity index (χ4v) is 4.88. The Kier molecular flexibility index (Phi) is 4.94. The zero-order chi connectivity index (χ0) is 18.0. The molecule has 1 aromatic carbocycles. The molecule has 2 heterocycles. The molecule has 0 saturated carbocycles. The molecule has 0 radical (unpaired) electrons. The van der Waals surface area contributed by atoms with Gasteiger partial charge >= 0.3 is 0 Å². The minimum absolute atomic E-state index is 0.0145. The van der Waals surface area contributed by atoms with E-state index in [0.717, 1.165) is 11.5 Å². The lowest BCUT2D eigenvalue weighted by atomic mass is 10.1. The third-order valence-corrected chi connectivity index (χ3v) is 6.44. The van der Waals surface area contributed by atoms with Crippen LogP contribution in [0, 0.1) is 13.8 Å². The van der Waals surface area contributed by atoms with Gasteiger partial charge in [-0.15, -0.1) is 0 Å². The Morgan fingerprint density at radius 1 is 1.24 bits per heavy atom. The second-order valence-corrected chi connectivity index (χ2v) is 8.73. The number of benzene rings is 1. The molecule has 1 unspecified atom stereocenters. The van der Waals surface area contributed by atoms with Gasteiger partial charge in [-0.25, -0.2) is 13.4 Å². The summed E-state index contributed by atoms with van der Waals surface area (Å²) in [5, 5.41) is 3.23. The third kappa shape index (κ3) is 4.10. The van der Waals surface area contributed by atoms with Crippen molar-refractivity contribution >= 4 is 27.3 Å². The fourth-order valence-electron chi connectivity index (χ4n) is 3.15. The molecule has 25 heavy (non-hydrogen) atoms. The predicted molar refractivity (Wildman–Crippen MR) is 101 cm³/mol. The summed E-state index contributed by atoms with van der Waals surface area (Å²) >= 11 is 0. The van der Waals surface area contributed by atoms with Gasteiger partial charge in [-0.3, -0.25) is 0 Å². The van der Waals surface area contributed by atoms with Gasteiger partial charge in [0.05, 0.1) is 11.5 Å². The lowest BCUT2D eigenvalue weighted by Gasteiger charge is -2.28. The molecule has 1 saturated heterocycles. The van der Waals surface area contributed by atoms with E-state index in [1.807, 2.05) is 19.1 Å². The van der Waals surface area contributed by atoms with Crippen molar-refractivity contribution in [1.29, 1.82) is 0 Å². The minimum Gasteiger partial charge on any atom is -0.353 e. The molecule has 1 aliphatic heterocycles. The summed E-state index contributed by atoms with van der Waals surface area (Å²) in [7, 11) is -2.93. The topological polar surface area (TPSA) is 75.2 Å². The second kappa shape index (κ2) is 7.00. The Morgan fingerprint density at radius 2 is 2.04 bits per heavy atom. The van der Waals surface area contributed by atoms with Gasteiger partial charge in [0, 0.05) is 24.5 Å². The maximum absolute atomic E-state index is 11.8. The highest BCUT2D eigenvalue weighted by Gasteiger charge is 2.32. The summed E-state index contributed by atoms with van der Waals surface area (Å²) in [5.74, 6) is 1.73. The van der Waals surface area contributed by atoms with Gasteiger partial charge in [0.15, 0.2) is 9.84 Å². The van der Waals surface area contributed by atoms with Crippen molar-refractivity contribution in [1.82, 2.24) is 9.97 Å². The summed E-state index contributed by atoms with van der Waals surface area (Å²) in [5.41, 5.74) is 3.37. The van der Waals surface area contributed by atoms with Gasteiger partial charge < -0.3 is 10.2 Å². The van der Waals surface area contributed by atoms with Crippen LogP contribution in [0.25, 0.3) is 0 Å². The van der Waals surface area contributed by atoms with Gasteiger partial charge in [-0.1, -0.05) is 6.07 Å². The number of nitrogens with one attached hydrogen (secondary N) is 1.